The Bertz CT molecular complexity index is 1040. The van der Waals surface area contributed by atoms with E-state index in [9.17, 15) is 24.3 Å². The summed E-state index contributed by atoms with van der Waals surface area (Å²) in [5, 5.41) is 9.78. The second-order valence-electron chi connectivity index (χ2n) is 10.6. The van der Waals surface area contributed by atoms with Gasteiger partial charge in [-0.25, -0.2) is 14.4 Å². The number of hydrogen-bond donors (Lipinski definition) is 2. The Balaban J connectivity index is 3.44. The summed E-state index contributed by atoms with van der Waals surface area (Å²) in [7, 11) is 0. The highest BCUT2D eigenvalue weighted by atomic mass is 16.8. The number of carboxylic acid groups (broad SMARTS) is 1. The molecule has 0 saturated heterocycles. The van der Waals surface area contributed by atoms with Gasteiger partial charge >= 0.3 is 24.4 Å². The molecule has 232 valence electrons. The van der Waals surface area contributed by atoms with Crippen LogP contribution in [0, 0.1) is 5.92 Å². The molecular formula is C29H45NO11. The summed E-state index contributed by atoms with van der Waals surface area (Å²) in [6.45, 7) is 15.6. The van der Waals surface area contributed by atoms with Gasteiger partial charge in [0.1, 0.15) is 30.0 Å². The molecule has 6 atom stereocenters. The van der Waals surface area contributed by atoms with Crippen LogP contribution in [0.1, 0.15) is 93.1 Å². The summed E-state index contributed by atoms with van der Waals surface area (Å²) in [5.41, 5.74) is 5.67. The Kier molecular flexibility index (Phi) is 13.9. The zero-order valence-electron chi connectivity index (χ0n) is 25.4. The molecule has 12 nitrogen and oxygen atoms in total. The van der Waals surface area contributed by atoms with Crippen LogP contribution in [0.25, 0.3) is 0 Å². The van der Waals surface area contributed by atoms with Gasteiger partial charge in [-0.2, -0.15) is 0 Å². The minimum absolute atomic E-state index is 0.159. The molecule has 12 heteroatoms. The quantitative estimate of drug-likeness (QED) is 0.145. The average molecular weight is 584 g/mol. The number of rotatable bonds is 14. The second-order valence-corrected chi connectivity index (χ2v) is 10.6. The van der Waals surface area contributed by atoms with Crippen LogP contribution in [0.2, 0.25) is 0 Å². The molecule has 3 N–H and O–H groups in total. The average Bonchev–Trinajstić information content (AvgIpc) is 2.89. The lowest BCUT2D eigenvalue weighted by Gasteiger charge is -2.32. The Hall–Kier alpha value is -3.54. The molecule has 5 unspecified atom stereocenters. The van der Waals surface area contributed by atoms with E-state index < -0.39 is 66.2 Å². The molecule has 0 spiro atoms. The molecule has 1 aromatic rings. The predicted molar refractivity (Wildman–Crippen MR) is 149 cm³/mol. The zero-order valence-corrected chi connectivity index (χ0v) is 25.4. The molecule has 0 heterocycles. The first-order chi connectivity index (χ1) is 19.0. The van der Waals surface area contributed by atoms with Crippen molar-refractivity contribution in [3.63, 3.8) is 0 Å². The van der Waals surface area contributed by atoms with Gasteiger partial charge in [-0.15, -0.1) is 0 Å². The van der Waals surface area contributed by atoms with Gasteiger partial charge in [-0.05, 0) is 71.6 Å². The van der Waals surface area contributed by atoms with E-state index in [2.05, 4.69) is 0 Å². The lowest BCUT2D eigenvalue weighted by Crippen LogP contribution is -2.43. The van der Waals surface area contributed by atoms with Crippen molar-refractivity contribution in [1.82, 2.24) is 0 Å². The van der Waals surface area contributed by atoms with Crippen LogP contribution in [-0.4, -0.2) is 59.5 Å². The van der Waals surface area contributed by atoms with Gasteiger partial charge < -0.3 is 39.3 Å². The SMILES string of the molecule is CCC(C)OC(=O)Oc1ccc(C(C(C)C(C)OC(=O)OC(C)(C)CC)[C@H](N)C(=O)O)cc1OC(=O)OC(C)CC. The first-order valence-electron chi connectivity index (χ1n) is 13.8. The predicted octanol–water partition coefficient (Wildman–Crippen LogP) is 6.18. The fraction of sp³-hybridized carbons (Fsp3) is 0.655. The molecule has 0 radical (unpaired) electrons. The highest BCUT2D eigenvalue weighted by Crippen LogP contribution is 2.37. The Labute approximate surface area is 241 Å². The van der Waals surface area contributed by atoms with Gasteiger partial charge in [-0.1, -0.05) is 33.8 Å². The van der Waals surface area contributed by atoms with Crippen LogP contribution in [0.15, 0.2) is 18.2 Å². The summed E-state index contributed by atoms with van der Waals surface area (Å²) in [4.78, 5) is 49.2. The number of hydrogen-bond acceptors (Lipinski definition) is 11. The van der Waals surface area contributed by atoms with Gasteiger partial charge in [-0.3, -0.25) is 4.79 Å². The van der Waals surface area contributed by atoms with Crippen molar-refractivity contribution in [2.24, 2.45) is 11.7 Å². The third kappa shape index (κ3) is 11.5. The lowest BCUT2D eigenvalue weighted by atomic mass is 9.79. The van der Waals surface area contributed by atoms with Crippen molar-refractivity contribution < 1.29 is 52.7 Å². The number of carbonyl (C=O) groups is 4. The van der Waals surface area contributed by atoms with E-state index in [0.29, 0.717) is 24.8 Å². The summed E-state index contributed by atoms with van der Waals surface area (Å²) in [6.07, 6.45) is -3.04. The van der Waals surface area contributed by atoms with Crippen LogP contribution < -0.4 is 15.2 Å². The highest BCUT2D eigenvalue weighted by molar-refractivity contribution is 5.75. The Morgan fingerprint density at radius 2 is 1.34 bits per heavy atom. The summed E-state index contributed by atoms with van der Waals surface area (Å²) >= 11 is 0. The van der Waals surface area contributed by atoms with Crippen molar-refractivity contribution in [1.29, 1.82) is 0 Å². The molecule has 0 saturated carbocycles. The molecule has 0 aliphatic carbocycles. The number of nitrogens with two attached hydrogens (primary N) is 1. The van der Waals surface area contributed by atoms with Crippen LogP contribution in [-0.2, 0) is 23.7 Å². The zero-order chi connectivity index (χ0) is 31.5. The van der Waals surface area contributed by atoms with E-state index in [1.807, 2.05) is 20.8 Å². The monoisotopic (exact) mass is 583 g/mol. The largest absolute Gasteiger partial charge is 0.514 e. The second kappa shape index (κ2) is 16.0. The van der Waals surface area contributed by atoms with E-state index in [1.54, 1.807) is 41.5 Å². The number of benzene rings is 1. The van der Waals surface area contributed by atoms with E-state index >= 15 is 0 Å². The molecular weight excluding hydrogens is 538 g/mol. The fourth-order valence-electron chi connectivity index (χ4n) is 3.48. The molecule has 0 aliphatic heterocycles. The Morgan fingerprint density at radius 3 is 1.80 bits per heavy atom. The molecule has 1 aromatic carbocycles. The summed E-state index contributed by atoms with van der Waals surface area (Å²) in [6, 6.07) is 2.70. The Morgan fingerprint density at radius 1 is 0.829 bits per heavy atom. The summed E-state index contributed by atoms with van der Waals surface area (Å²) < 4.78 is 31.8. The number of carbonyl (C=O) groups excluding carboxylic acids is 3. The molecule has 0 aromatic heterocycles. The maximum absolute atomic E-state index is 12.5. The van der Waals surface area contributed by atoms with Crippen molar-refractivity contribution in [2.45, 2.75) is 117 Å². The summed E-state index contributed by atoms with van der Waals surface area (Å²) in [5.74, 6) is -3.28. The standard InChI is InChI=1S/C29H45NO11/c1-10-16(4)36-26(33)39-21-14-13-20(15-22(21)40-27(34)37-17(5)11-2)23(24(30)25(31)32)18(6)19(7)38-28(35)41-29(8,9)12-3/h13-19,23-24H,10-12,30H2,1-9H3,(H,31,32)/t16?,17?,18?,19?,23?,24-/m0/s1. The van der Waals surface area contributed by atoms with E-state index in [0.717, 1.165) is 0 Å². The molecule has 0 fully saturated rings. The van der Waals surface area contributed by atoms with Crippen molar-refractivity contribution in [3.8, 4) is 11.5 Å². The normalized spacial score (nSPS) is 15.8. The maximum atomic E-state index is 12.5. The highest BCUT2D eigenvalue weighted by Gasteiger charge is 2.36. The minimum atomic E-state index is -1.44. The smallest absolute Gasteiger partial charge is 0.480 e. The van der Waals surface area contributed by atoms with Gasteiger partial charge in [0.2, 0.25) is 0 Å². The van der Waals surface area contributed by atoms with E-state index in [-0.39, 0.29) is 11.5 Å². The van der Waals surface area contributed by atoms with Crippen LogP contribution in [0.5, 0.6) is 11.5 Å². The number of carboxylic acids is 1. The van der Waals surface area contributed by atoms with Crippen molar-refractivity contribution >= 4 is 24.4 Å². The van der Waals surface area contributed by atoms with Crippen molar-refractivity contribution in [3.05, 3.63) is 23.8 Å². The van der Waals surface area contributed by atoms with Gasteiger partial charge in [0, 0.05) is 11.8 Å². The number of ether oxygens (including phenoxy) is 6. The molecule has 0 bridgehead atoms. The van der Waals surface area contributed by atoms with Gasteiger partial charge in [0.05, 0.1) is 0 Å². The van der Waals surface area contributed by atoms with Crippen LogP contribution in [0.3, 0.4) is 0 Å². The first kappa shape index (κ1) is 35.5. The molecule has 0 aliphatic rings. The van der Waals surface area contributed by atoms with E-state index in [1.165, 1.54) is 18.2 Å². The molecule has 41 heavy (non-hydrogen) atoms. The van der Waals surface area contributed by atoms with Gasteiger partial charge in [0.15, 0.2) is 11.5 Å². The first-order valence-corrected chi connectivity index (χ1v) is 13.8. The number of aliphatic carboxylic acids is 1. The third-order valence-corrected chi connectivity index (χ3v) is 6.96. The third-order valence-electron chi connectivity index (χ3n) is 6.96. The molecule has 1 rings (SSSR count). The lowest BCUT2D eigenvalue weighted by molar-refractivity contribution is -0.139. The van der Waals surface area contributed by atoms with E-state index in [4.69, 9.17) is 34.2 Å². The van der Waals surface area contributed by atoms with Crippen LogP contribution in [0.4, 0.5) is 14.4 Å². The topological polar surface area (TPSA) is 170 Å². The fourth-order valence-corrected chi connectivity index (χ4v) is 3.48. The molecule has 0 amide bonds. The maximum Gasteiger partial charge on any atom is 0.514 e. The van der Waals surface area contributed by atoms with Gasteiger partial charge in [0.25, 0.3) is 0 Å². The van der Waals surface area contributed by atoms with Crippen molar-refractivity contribution in [2.75, 3.05) is 0 Å². The van der Waals surface area contributed by atoms with Crippen LogP contribution >= 0.6 is 0 Å². The minimum Gasteiger partial charge on any atom is -0.480 e.